The van der Waals surface area contributed by atoms with Gasteiger partial charge in [0, 0.05) is 11.0 Å². The van der Waals surface area contributed by atoms with Crippen molar-refractivity contribution in [3.63, 3.8) is 0 Å². The molecule has 3 nitrogen and oxygen atoms in total. The van der Waals surface area contributed by atoms with Gasteiger partial charge in [-0.1, -0.05) is 48.8 Å². The quantitative estimate of drug-likeness (QED) is 0.795. The maximum absolute atomic E-state index is 11.9. The highest BCUT2D eigenvalue weighted by Gasteiger charge is 2.17. The molecule has 0 fully saturated rings. The Morgan fingerprint density at radius 1 is 1.16 bits per heavy atom. The number of hydrogen-bond acceptors (Lipinski definition) is 2. The van der Waals surface area contributed by atoms with Gasteiger partial charge in [-0.05, 0) is 36.0 Å². The van der Waals surface area contributed by atoms with E-state index in [0.29, 0.717) is 12.1 Å². The molecule has 1 aromatic rings. The van der Waals surface area contributed by atoms with Crippen molar-refractivity contribution in [2.75, 3.05) is 15.8 Å². The summed E-state index contributed by atoms with van der Waals surface area (Å²) in [5.41, 5.74) is 1.84. The largest absolute Gasteiger partial charge is 0.284 e. The van der Waals surface area contributed by atoms with Gasteiger partial charge in [0.1, 0.15) is 0 Å². The second-order valence-corrected chi connectivity index (χ2v) is 8.50. The molecule has 0 amide bonds. The molecule has 0 atom stereocenters. The molecule has 0 radical (unpaired) electrons. The summed E-state index contributed by atoms with van der Waals surface area (Å²) in [7, 11) is -3.25. The van der Waals surface area contributed by atoms with Gasteiger partial charge in [-0.25, -0.2) is 8.42 Å². The molecule has 1 N–H and O–H groups in total. The van der Waals surface area contributed by atoms with Crippen molar-refractivity contribution < 1.29 is 8.42 Å². The van der Waals surface area contributed by atoms with Gasteiger partial charge in [0.15, 0.2) is 0 Å². The summed E-state index contributed by atoms with van der Waals surface area (Å²) in [6, 6.07) is 7.52. The van der Waals surface area contributed by atoms with Crippen molar-refractivity contribution in [2.24, 2.45) is 5.41 Å². The topological polar surface area (TPSA) is 46.2 Å². The molecule has 108 valence electrons. The number of hydrogen-bond donors (Lipinski definition) is 1. The lowest BCUT2D eigenvalue weighted by Gasteiger charge is -2.18. The number of nitrogens with one attached hydrogen (secondary N) is 1. The van der Waals surface area contributed by atoms with Crippen molar-refractivity contribution >= 4 is 31.6 Å². The van der Waals surface area contributed by atoms with Crippen LogP contribution in [0.5, 0.6) is 0 Å². The third-order valence-corrected chi connectivity index (χ3v) is 4.42. The van der Waals surface area contributed by atoms with Crippen LogP contribution in [0.2, 0.25) is 0 Å². The van der Waals surface area contributed by atoms with Crippen LogP contribution < -0.4 is 4.72 Å². The highest BCUT2D eigenvalue weighted by molar-refractivity contribution is 9.09. The number of aryl methyl sites for hydroxylation is 1. The predicted molar refractivity (Wildman–Crippen MR) is 85.4 cm³/mol. The normalized spacial score (nSPS) is 12.4. The van der Waals surface area contributed by atoms with Gasteiger partial charge in [0.25, 0.3) is 0 Å². The molecule has 0 saturated heterocycles. The first-order chi connectivity index (χ1) is 8.72. The number of halogens is 1. The third-order valence-electron chi connectivity index (χ3n) is 2.73. The van der Waals surface area contributed by atoms with E-state index in [0.717, 1.165) is 11.8 Å². The minimum Gasteiger partial charge on any atom is -0.284 e. The van der Waals surface area contributed by atoms with Crippen LogP contribution >= 0.6 is 15.9 Å². The van der Waals surface area contributed by atoms with Crippen LogP contribution in [0.25, 0.3) is 0 Å². The molecule has 0 heterocycles. The molecule has 0 saturated carbocycles. The van der Waals surface area contributed by atoms with E-state index in [2.05, 4.69) is 20.7 Å². The highest BCUT2D eigenvalue weighted by atomic mass is 79.9. The summed E-state index contributed by atoms with van der Waals surface area (Å²) in [4.78, 5) is 0. The van der Waals surface area contributed by atoms with Crippen LogP contribution in [0.3, 0.4) is 0 Å². The van der Waals surface area contributed by atoms with Gasteiger partial charge in [0.2, 0.25) is 10.0 Å². The molecular formula is C14H22BrNO2S. The molecule has 0 aliphatic rings. The molecule has 0 unspecified atom stereocenters. The summed E-state index contributed by atoms with van der Waals surface area (Å²) in [5, 5.41) is 0.906. The predicted octanol–water partition coefficient (Wildman–Crippen LogP) is 3.80. The summed E-state index contributed by atoms with van der Waals surface area (Å²) in [6.45, 7) is 6.12. The van der Waals surface area contributed by atoms with Crippen molar-refractivity contribution in [1.82, 2.24) is 0 Å². The Morgan fingerprint density at radius 2 is 1.74 bits per heavy atom. The van der Waals surface area contributed by atoms with E-state index < -0.39 is 10.0 Å². The van der Waals surface area contributed by atoms with Gasteiger partial charge in [-0.3, -0.25) is 4.72 Å². The molecule has 0 aromatic heterocycles. The minimum atomic E-state index is -3.25. The molecule has 0 aliphatic carbocycles. The van der Waals surface area contributed by atoms with Crippen molar-refractivity contribution in [1.29, 1.82) is 0 Å². The minimum absolute atomic E-state index is 0.0223. The average molecular weight is 348 g/mol. The SMILES string of the molecule is CC(C)(C)CCS(=O)(=O)Nc1ccc(CCBr)cc1. The fourth-order valence-electron chi connectivity index (χ4n) is 1.52. The Hall–Kier alpha value is -0.550. The van der Waals surface area contributed by atoms with E-state index in [1.165, 1.54) is 5.56 Å². The summed E-state index contributed by atoms with van der Waals surface area (Å²) >= 11 is 3.38. The van der Waals surface area contributed by atoms with E-state index in [1.54, 1.807) is 0 Å². The number of benzene rings is 1. The lowest BCUT2D eigenvalue weighted by molar-refractivity contribution is 0.397. The number of anilines is 1. The Bertz CT molecular complexity index is 489. The molecule has 19 heavy (non-hydrogen) atoms. The molecule has 0 aliphatic heterocycles. The molecule has 5 heteroatoms. The summed E-state index contributed by atoms with van der Waals surface area (Å²) in [6.07, 6.45) is 1.58. The van der Waals surface area contributed by atoms with Crippen LogP contribution in [0.4, 0.5) is 5.69 Å². The van der Waals surface area contributed by atoms with E-state index in [9.17, 15) is 8.42 Å². The monoisotopic (exact) mass is 347 g/mol. The maximum Gasteiger partial charge on any atom is 0.232 e. The fraction of sp³-hybridized carbons (Fsp3) is 0.571. The molecule has 0 bridgehead atoms. The van der Waals surface area contributed by atoms with Gasteiger partial charge in [-0.15, -0.1) is 0 Å². The Balaban J connectivity index is 2.62. The summed E-state index contributed by atoms with van der Waals surface area (Å²) in [5.74, 6) is 0.152. The average Bonchev–Trinajstić information content (AvgIpc) is 2.29. The number of alkyl halides is 1. The highest BCUT2D eigenvalue weighted by Crippen LogP contribution is 2.20. The first-order valence-electron chi connectivity index (χ1n) is 6.37. The third kappa shape index (κ3) is 6.97. The molecule has 1 rings (SSSR count). The second-order valence-electron chi connectivity index (χ2n) is 5.87. The van der Waals surface area contributed by atoms with Crippen LogP contribution in [0, 0.1) is 5.41 Å². The second kappa shape index (κ2) is 6.75. The number of sulfonamides is 1. The van der Waals surface area contributed by atoms with Crippen molar-refractivity contribution in [2.45, 2.75) is 33.6 Å². The van der Waals surface area contributed by atoms with E-state index in [1.807, 2.05) is 45.0 Å². The van der Waals surface area contributed by atoms with Crippen LogP contribution in [0.15, 0.2) is 24.3 Å². The standard InChI is InChI=1S/C14H22BrNO2S/c1-14(2,3)9-11-19(17,18)16-13-6-4-12(5-7-13)8-10-15/h4-7,16H,8-11H2,1-3H3. The maximum atomic E-state index is 11.9. The van der Waals surface area contributed by atoms with Crippen molar-refractivity contribution in [3.8, 4) is 0 Å². The Morgan fingerprint density at radius 3 is 2.21 bits per heavy atom. The first kappa shape index (κ1) is 16.5. The lowest BCUT2D eigenvalue weighted by atomic mass is 9.94. The molecule has 0 spiro atoms. The van der Waals surface area contributed by atoms with E-state index in [-0.39, 0.29) is 11.2 Å². The van der Waals surface area contributed by atoms with E-state index >= 15 is 0 Å². The Kier molecular flexibility index (Phi) is 5.86. The zero-order valence-electron chi connectivity index (χ0n) is 11.7. The Labute approximate surface area is 125 Å². The van der Waals surface area contributed by atoms with Gasteiger partial charge >= 0.3 is 0 Å². The van der Waals surface area contributed by atoms with Crippen molar-refractivity contribution in [3.05, 3.63) is 29.8 Å². The van der Waals surface area contributed by atoms with Crippen LogP contribution in [-0.2, 0) is 16.4 Å². The van der Waals surface area contributed by atoms with E-state index in [4.69, 9.17) is 0 Å². The fourth-order valence-corrected chi connectivity index (χ4v) is 3.46. The lowest BCUT2D eigenvalue weighted by Crippen LogP contribution is -2.20. The van der Waals surface area contributed by atoms with Gasteiger partial charge in [-0.2, -0.15) is 0 Å². The van der Waals surface area contributed by atoms with Crippen LogP contribution in [0.1, 0.15) is 32.8 Å². The zero-order valence-corrected chi connectivity index (χ0v) is 14.1. The molecular weight excluding hydrogens is 326 g/mol. The zero-order chi connectivity index (χ0) is 14.5. The van der Waals surface area contributed by atoms with Gasteiger partial charge in [0.05, 0.1) is 5.75 Å². The van der Waals surface area contributed by atoms with Crippen LogP contribution in [-0.4, -0.2) is 19.5 Å². The molecule has 1 aromatic carbocycles. The smallest absolute Gasteiger partial charge is 0.232 e. The summed E-state index contributed by atoms with van der Waals surface area (Å²) < 4.78 is 26.5. The van der Waals surface area contributed by atoms with Gasteiger partial charge < -0.3 is 0 Å². The first-order valence-corrected chi connectivity index (χ1v) is 9.15. The number of rotatable bonds is 6.